The highest BCUT2D eigenvalue weighted by atomic mass is 79.9. The van der Waals surface area contributed by atoms with Gasteiger partial charge in [-0.25, -0.2) is 0 Å². The maximum Gasteiger partial charge on any atom is 0.573 e. The SMILES string of the molecule is Nc1ccc(OC(F)(F)F)c(Br)c1S. The number of thiol groups is 1. The van der Waals surface area contributed by atoms with Gasteiger partial charge in [0.05, 0.1) is 4.47 Å². The molecule has 0 spiro atoms. The normalized spacial score (nSPS) is 11.5. The number of hydrogen-bond donors (Lipinski definition) is 2. The molecule has 0 fully saturated rings. The minimum Gasteiger partial charge on any atom is -0.405 e. The fraction of sp³-hybridized carbons (Fsp3) is 0.143. The van der Waals surface area contributed by atoms with E-state index < -0.39 is 6.36 Å². The molecule has 0 saturated carbocycles. The van der Waals surface area contributed by atoms with Crippen LogP contribution in [0.15, 0.2) is 21.5 Å². The van der Waals surface area contributed by atoms with E-state index in [0.717, 1.165) is 6.07 Å². The van der Waals surface area contributed by atoms with Crippen molar-refractivity contribution < 1.29 is 17.9 Å². The second-order valence-corrected chi connectivity index (χ2v) is 3.60. The summed E-state index contributed by atoms with van der Waals surface area (Å²) in [5, 5.41) is 0. The van der Waals surface area contributed by atoms with Crippen LogP contribution in [0.3, 0.4) is 0 Å². The molecule has 14 heavy (non-hydrogen) atoms. The van der Waals surface area contributed by atoms with Crippen LogP contribution < -0.4 is 10.5 Å². The zero-order chi connectivity index (χ0) is 10.9. The standard InChI is InChI=1S/C7H5BrF3NOS/c8-5-4(13-7(9,10)11)2-1-3(12)6(5)14/h1-2,14H,12H2. The molecule has 1 rings (SSSR count). The number of hydrogen-bond acceptors (Lipinski definition) is 3. The second kappa shape index (κ2) is 3.90. The number of nitrogens with two attached hydrogens (primary N) is 1. The maximum atomic E-state index is 11.9. The lowest BCUT2D eigenvalue weighted by Gasteiger charge is -2.12. The van der Waals surface area contributed by atoms with Crippen LogP contribution in [-0.2, 0) is 0 Å². The van der Waals surface area contributed by atoms with Crippen molar-refractivity contribution in [3.8, 4) is 5.75 Å². The first-order valence-electron chi connectivity index (χ1n) is 3.34. The van der Waals surface area contributed by atoms with E-state index >= 15 is 0 Å². The molecule has 0 aliphatic rings. The topological polar surface area (TPSA) is 35.2 Å². The first kappa shape index (κ1) is 11.5. The molecule has 78 valence electrons. The van der Waals surface area contributed by atoms with Gasteiger partial charge in [0.1, 0.15) is 5.75 Å². The van der Waals surface area contributed by atoms with E-state index in [0.29, 0.717) is 0 Å². The third-order valence-corrected chi connectivity index (χ3v) is 2.91. The number of halogens is 4. The van der Waals surface area contributed by atoms with E-state index in [9.17, 15) is 13.2 Å². The minimum absolute atomic E-state index is 0.0816. The van der Waals surface area contributed by atoms with Gasteiger partial charge in [-0.15, -0.1) is 25.8 Å². The quantitative estimate of drug-likeness (QED) is 0.614. The van der Waals surface area contributed by atoms with Gasteiger partial charge in [-0.3, -0.25) is 0 Å². The Hall–Kier alpha value is -0.560. The van der Waals surface area contributed by atoms with Crippen LogP contribution in [0, 0.1) is 0 Å². The Balaban J connectivity index is 3.06. The largest absolute Gasteiger partial charge is 0.573 e. The second-order valence-electron chi connectivity index (χ2n) is 2.36. The van der Waals surface area contributed by atoms with E-state index in [4.69, 9.17) is 5.73 Å². The fourth-order valence-corrected chi connectivity index (χ4v) is 1.39. The predicted molar refractivity (Wildman–Crippen MR) is 52.5 cm³/mol. The van der Waals surface area contributed by atoms with Gasteiger partial charge in [-0.1, -0.05) is 0 Å². The summed E-state index contributed by atoms with van der Waals surface area (Å²) in [6.07, 6.45) is -4.72. The van der Waals surface area contributed by atoms with Crippen LogP contribution in [0.2, 0.25) is 0 Å². The molecule has 0 bridgehead atoms. The molecule has 1 aromatic rings. The van der Waals surface area contributed by atoms with Gasteiger partial charge >= 0.3 is 6.36 Å². The van der Waals surface area contributed by atoms with Gasteiger partial charge in [-0.05, 0) is 28.1 Å². The van der Waals surface area contributed by atoms with E-state index in [1.54, 1.807) is 0 Å². The molecular formula is C7H5BrF3NOS. The van der Waals surface area contributed by atoms with Crippen LogP contribution in [-0.4, -0.2) is 6.36 Å². The molecule has 0 unspecified atom stereocenters. The highest BCUT2D eigenvalue weighted by Gasteiger charge is 2.32. The van der Waals surface area contributed by atoms with Gasteiger partial charge in [0.15, 0.2) is 0 Å². The van der Waals surface area contributed by atoms with E-state index in [-0.39, 0.29) is 20.8 Å². The summed E-state index contributed by atoms with van der Waals surface area (Å²) in [6.45, 7) is 0. The van der Waals surface area contributed by atoms with Gasteiger partial charge in [-0.2, -0.15) is 0 Å². The molecule has 2 nitrogen and oxygen atoms in total. The first-order valence-corrected chi connectivity index (χ1v) is 4.58. The summed E-state index contributed by atoms with van der Waals surface area (Å²) in [5.74, 6) is -0.364. The Bertz CT molecular complexity index is 356. The Morgan fingerprint density at radius 2 is 1.93 bits per heavy atom. The monoisotopic (exact) mass is 287 g/mol. The van der Waals surface area contributed by atoms with Crippen molar-refractivity contribution in [2.75, 3.05) is 5.73 Å². The molecular weight excluding hydrogens is 283 g/mol. The summed E-state index contributed by atoms with van der Waals surface area (Å²) in [6, 6.07) is 2.40. The number of nitrogen functional groups attached to an aromatic ring is 1. The summed E-state index contributed by atoms with van der Waals surface area (Å²) in [5.41, 5.74) is 5.68. The average molecular weight is 288 g/mol. The predicted octanol–water partition coefficient (Wildman–Crippen LogP) is 3.22. The molecule has 7 heteroatoms. The van der Waals surface area contributed by atoms with Crippen molar-refractivity contribution >= 4 is 34.2 Å². The Morgan fingerprint density at radius 1 is 1.36 bits per heavy atom. The van der Waals surface area contributed by atoms with E-state index in [2.05, 4.69) is 33.3 Å². The lowest BCUT2D eigenvalue weighted by molar-refractivity contribution is -0.275. The van der Waals surface area contributed by atoms with Crippen LogP contribution >= 0.6 is 28.6 Å². The van der Waals surface area contributed by atoms with Crippen LogP contribution in [0.1, 0.15) is 0 Å². The molecule has 0 heterocycles. The third kappa shape index (κ3) is 2.71. The number of benzene rings is 1. The highest BCUT2D eigenvalue weighted by Crippen LogP contribution is 2.37. The fourth-order valence-electron chi connectivity index (χ4n) is 0.764. The number of ether oxygens (including phenoxy) is 1. The Kier molecular flexibility index (Phi) is 3.20. The van der Waals surface area contributed by atoms with Gasteiger partial charge in [0.2, 0.25) is 0 Å². The molecule has 0 aliphatic heterocycles. The summed E-state index contributed by atoms with van der Waals surface area (Å²) in [7, 11) is 0. The van der Waals surface area contributed by atoms with Crippen LogP contribution in [0.5, 0.6) is 5.75 Å². The summed E-state index contributed by atoms with van der Waals surface area (Å²) in [4.78, 5) is 0.215. The molecule has 0 atom stereocenters. The van der Waals surface area contributed by atoms with Crippen molar-refractivity contribution in [2.24, 2.45) is 0 Å². The molecule has 1 aromatic carbocycles. The molecule has 2 N–H and O–H groups in total. The molecule has 0 saturated heterocycles. The summed E-state index contributed by atoms with van der Waals surface area (Å²) >= 11 is 6.81. The third-order valence-electron chi connectivity index (χ3n) is 1.34. The number of rotatable bonds is 1. The Morgan fingerprint density at radius 3 is 2.43 bits per heavy atom. The molecule has 0 aromatic heterocycles. The van der Waals surface area contributed by atoms with Crippen molar-refractivity contribution in [1.29, 1.82) is 0 Å². The van der Waals surface area contributed by atoms with Gasteiger partial charge < -0.3 is 10.5 Å². The Labute approximate surface area is 91.8 Å². The zero-order valence-corrected chi connectivity index (χ0v) is 9.08. The maximum absolute atomic E-state index is 11.9. The number of alkyl halides is 3. The van der Waals surface area contributed by atoms with Gasteiger partial charge in [0, 0.05) is 10.6 Å². The van der Waals surface area contributed by atoms with E-state index in [1.807, 2.05) is 0 Å². The first-order chi connectivity index (χ1) is 6.31. The zero-order valence-electron chi connectivity index (χ0n) is 6.60. The minimum atomic E-state index is -4.72. The molecule has 0 radical (unpaired) electrons. The van der Waals surface area contributed by atoms with Crippen molar-refractivity contribution in [3.05, 3.63) is 16.6 Å². The molecule has 0 amide bonds. The lowest BCUT2D eigenvalue weighted by Crippen LogP contribution is -2.17. The van der Waals surface area contributed by atoms with Crippen LogP contribution in [0.4, 0.5) is 18.9 Å². The van der Waals surface area contributed by atoms with Crippen molar-refractivity contribution in [3.63, 3.8) is 0 Å². The van der Waals surface area contributed by atoms with E-state index in [1.165, 1.54) is 6.07 Å². The van der Waals surface area contributed by atoms with Gasteiger partial charge in [0.25, 0.3) is 0 Å². The van der Waals surface area contributed by atoms with Crippen molar-refractivity contribution in [1.82, 2.24) is 0 Å². The highest BCUT2D eigenvalue weighted by molar-refractivity contribution is 9.10. The smallest absolute Gasteiger partial charge is 0.405 e. The van der Waals surface area contributed by atoms with Crippen LogP contribution in [0.25, 0.3) is 0 Å². The average Bonchev–Trinajstić information content (AvgIpc) is 2.04. The van der Waals surface area contributed by atoms with Crippen molar-refractivity contribution in [2.45, 2.75) is 11.3 Å². The summed E-state index contributed by atoms with van der Waals surface area (Å²) < 4.78 is 39.4. The molecule has 0 aliphatic carbocycles. The lowest BCUT2D eigenvalue weighted by atomic mass is 10.3. The number of anilines is 1.